The number of nitrogens with zero attached hydrogens (tertiary/aromatic N) is 1. The number of carbonyl (C=O) groups excluding carboxylic acids is 2. The van der Waals surface area contributed by atoms with E-state index in [1.54, 1.807) is 26.2 Å². The fraction of sp³-hybridized carbons (Fsp3) is 0.440. The predicted molar refractivity (Wildman–Crippen MR) is 124 cm³/mol. The second-order valence-electron chi connectivity index (χ2n) is 7.38. The zero-order valence-electron chi connectivity index (χ0n) is 19.6. The van der Waals surface area contributed by atoms with Crippen LogP contribution in [0.4, 0.5) is 0 Å². The Morgan fingerprint density at radius 2 is 1.69 bits per heavy atom. The number of aryl methyl sites for hydroxylation is 1. The summed E-state index contributed by atoms with van der Waals surface area (Å²) in [5.74, 6) is 1.76. The molecule has 0 spiro atoms. The van der Waals surface area contributed by atoms with Crippen LogP contribution in [0.25, 0.3) is 0 Å². The van der Waals surface area contributed by atoms with E-state index in [0.29, 0.717) is 43.2 Å². The van der Waals surface area contributed by atoms with Crippen molar-refractivity contribution in [1.29, 1.82) is 0 Å². The Labute approximate surface area is 190 Å². The van der Waals surface area contributed by atoms with Gasteiger partial charge in [-0.1, -0.05) is 25.1 Å². The highest BCUT2D eigenvalue weighted by Gasteiger charge is 2.28. The second-order valence-corrected chi connectivity index (χ2v) is 7.38. The molecule has 1 atom stereocenters. The average Bonchev–Trinajstić information content (AvgIpc) is 2.82. The molecule has 1 N–H and O–H groups in total. The van der Waals surface area contributed by atoms with E-state index in [0.717, 1.165) is 11.1 Å². The molecule has 0 saturated heterocycles. The number of hydrogen-bond donors (Lipinski definition) is 1. The van der Waals surface area contributed by atoms with E-state index < -0.39 is 6.04 Å². The Kier molecular flexibility index (Phi) is 9.85. The van der Waals surface area contributed by atoms with E-state index in [1.807, 2.05) is 56.3 Å². The van der Waals surface area contributed by atoms with Gasteiger partial charge in [0.25, 0.3) is 0 Å². The maximum absolute atomic E-state index is 13.3. The fourth-order valence-electron chi connectivity index (χ4n) is 3.61. The number of methoxy groups -OCH3 is 3. The minimum absolute atomic E-state index is 0.0827. The Bertz CT molecular complexity index is 900. The molecule has 0 aliphatic carbocycles. The zero-order valence-corrected chi connectivity index (χ0v) is 19.6. The lowest BCUT2D eigenvalue weighted by Gasteiger charge is -2.30. The summed E-state index contributed by atoms with van der Waals surface area (Å²) in [5, 5.41) is 2.85. The second kappa shape index (κ2) is 12.6. The molecule has 2 aromatic rings. The van der Waals surface area contributed by atoms with Crippen LogP contribution in [-0.4, -0.2) is 50.6 Å². The Morgan fingerprint density at radius 3 is 2.31 bits per heavy atom. The molecule has 32 heavy (non-hydrogen) atoms. The van der Waals surface area contributed by atoms with E-state index in [1.165, 1.54) is 0 Å². The van der Waals surface area contributed by atoms with Gasteiger partial charge in [0.2, 0.25) is 11.8 Å². The maximum atomic E-state index is 13.3. The lowest BCUT2D eigenvalue weighted by Crippen LogP contribution is -2.49. The molecule has 2 rings (SSSR count). The number of benzene rings is 2. The molecule has 0 aliphatic rings. The van der Waals surface area contributed by atoms with Crippen LogP contribution in [0.2, 0.25) is 0 Å². The minimum atomic E-state index is -0.543. The van der Waals surface area contributed by atoms with Crippen molar-refractivity contribution in [2.75, 3.05) is 27.9 Å². The van der Waals surface area contributed by atoms with Gasteiger partial charge >= 0.3 is 0 Å². The number of carbonyl (C=O) groups is 2. The summed E-state index contributed by atoms with van der Waals surface area (Å²) in [4.78, 5) is 27.7. The fourth-order valence-corrected chi connectivity index (χ4v) is 3.61. The number of rotatable bonds is 12. The normalized spacial score (nSPS) is 11.4. The van der Waals surface area contributed by atoms with Crippen molar-refractivity contribution in [3.05, 3.63) is 53.6 Å². The highest BCUT2D eigenvalue weighted by molar-refractivity contribution is 5.87. The van der Waals surface area contributed by atoms with Crippen LogP contribution in [0.1, 0.15) is 37.8 Å². The number of likely N-dealkylation sites (N-methyl/N-ethyl adjacent to an activating group) is 1. The highest BCUT2D eigenvalue weighted by atomic mass is 16.5. The van der Waals surface area contributed by atoms with Crippen LogP contribution in [0.3, 0.4) is 0 Å². The summed E-state index contributed by atoms with van der Waals surface area (Å²) in [6.07, 6.45) is 1.33. The molecule has 0 heterocycles. The van der Waals surface area contributed by atoms with E-state index in [4.69, 9.17) is 14.2 Å². The van der Waals surface area contributed by atoms with Crippen molar-refractivity contribution in [2.45, 2.75) is 45.7 Å². The molecule has 0 aromatic heterocycles. The molecule has 7 heteroatoms. The van der Waals surface area contributed by atoms with Gasteiger partial charge in [-0.3, -0.25) is 9.59 Å². The Morgan fingerprint density at radius 1 is 0.938 bits per heavy atom. The maximum Gasteiger partial charge on any atom is 0.242 e. The standard InChI is InChI=1S/C25H34N2O5/c1-6-21(25(29)26-7-2)27(17-19-9-8-10-20(15-19)30-3)24(28)14-12-18-11-13-22(31-4)23(16-18)32-5/h8-11,13,15-16,21H,6-7,12,14,17H2,1-5H3,(H,26,29)/t21-/m1/s1. The summed E-state index contributed by atoms with van der Waals surface area (Å²) in [6.45, 7) is 4.63. The van der Waals surface area contributed by atoms with Crippen molar-refractivity contribution in [3.63, 3.8) is 0 Å². The third-order valence-electron chi connectivity index (χ3n) is 5.30. The van der Waals surface area contributed by atoms with E-state index in [2.05, 4.69) is 5.32 Å². The van der Waals surface area contributed by atoms with Crippen LogP contribution in [-0.2, 0) is 22.6 Å². The van der Waals surface area contributed by atoms with E-state index >= 15 is 0 Å². The zero-order chi connectivity index (χ0) is 23.5. The topological polar surface area (TPSA) is 77.1 Å². The van der Waals surface area contributed by atoms with Crippen LogP contribution in [0, 0.1) is 0 Å². The Hall–Kier alpha value is -3.22. The number of ether oxygens (including phenoxy) is 3. The summed E-state index contributed by atoms with van der Waals surface area (Å²) in [6, 6.07) is 12.6. The molecule has 2 aromatic carbocycles. The predicted octanol–water partition coefficient (Wildman–Crippen LogP) is 3.59. The van der Waals surface area contributed by atoms with Crippen LogP contribution in [0.15, 0.2) is 42.5 Å². The molecule has 0 fully saturated rings. The first-order valence-electron chi connectivity index (χ1n) is 10.9. The van der Waals surface area contributed by atoms with Gasteiger partial charge in [-0.15, -0.1) is 0 Å². The van der Waals surface area contributed by atoms with Crippen LogP contribution >= 0.6 is 0 Å². The molecular formula is C25H34N2O5. The average molecular weight is 443 g/mol. The minimum Gasteiger partial charge on any atom is -0.497 e. The number of hydrogen-bond acceptors (Lipinski definition) is 5. The molecule has 0 radical (unpaired) electrons. The van der Waals surface area contributed by atoms with Crippen molar-refractivity contribution < 1.29 is 23.8 Å². The first kappa shape index (κ1) is 25.0. The van der Waals surface area contributed by atoms with Gasteiger partial charge in [-0.25, -0.2) is 0 Å². The van der Waals surface area contributed by atoms with Crippen molar-refractivity contribution >= 4 is 11.8 Å². The first-order valence-corrected chi connectivity index (χ1v) is 10.9. The molecule has 0 aliphatic heterocycles. The van der Waals surface area contributed by atoms with E-state index in [9.17, 15) is 9.59 Å². The smallest absolute Gasteiger partial charge is 0.242 e. The number of nitrogens with one attached hydrogen (secondary N) is 1. The van der Waals surface area contributed by atoms with Gasteiger partial charge in [-0.05, 0) is 55.2 Å². The van der Waals surface area contributed by atoms with Crippen molar-refractivity contribution in [3.8, 4) is 17.2 Å². The van der Waals surface area contributed by atoms with Crippen LogP contribution < -0.4 is 19.5 Å². The summed E-state index contributed by atoms with van der Waals surface area (Å²) < 4.78 is 16.0. The molecular weight excluding hydrogens is 408 g/mol. The van der Waals surface area contributed by atoms with Gasteiger partial charge in [0.1, 0.15) is 11.8 Å². The molecule has 0 bridgehead atoms. The summed E-state index contributed by atoms with van der Waals surface area (Å²) in [5.41, 5.74) is 1.87. The molecule has 0 unspecified atom stereocenters. The van der Waals surface area contributed by atoms with Gasteiger partial charge in [0.15, 0.2) is 11.5 Å². The Balaban J connectivity index is 2.23. The van der Waals surface area contributed by atoms with Gasteiger partial charge in [0, 0.05) is 19.5 Å². The lowest BCUT2D eigenvalue weighted by atomic mass is 10.1. The van der Waals surface area contributed by atoms with Gasteiger partial charge in [-0.2, -0.15) is 0 Å². The third kappa shape index (κ3) is 6.64. The first-order chi connectivity index (χ1) is 15.5. The van der Waals surface area contributed by atoms with E-state index in [-0.39, 0.29) is 18.2 Å². The quantitative estimate of drug-likeness (QED) is 0.544. The molecule has 0 saturated carbocycles. The summed E-state index contributed by atoms with van der Waals surface area (Å²) in [7, 11) is 4.78. The molecule has 7 nitrogen and oxygen atoms in total. The van der Waals surface area contributed by atoms with Crippen LogP contribution in [0.5, 0.6) is 17.2 Å². The molecule has 174 valence electrons. The van der Waals surface area contributed by atoms with Crippen molar-refractivity contribution in [1.82, 2.24) is 10.2 Å². The number of amides is 2. The lowest BCUT2D eigenvalue weighted by molar-refractivity contribution is -0.141. The van der Waals surface area contributed by atoms with Crippen molar-refractivity contribution in [2.24, 2.45) is 0 Å². The monoisotopic (exact) mass is 442 g/mol. The SMILES string of the molecule is CCNC(=O)[C@@H](CC)N(Cc1cccc(OC)c1)C(=O)CCc1ccc(OC)c(OC)c1. The highest BCUT2D eigenvalue weighted by Crippen LogP contribution is 2.28. The molecule has 2 amide bonds. The largest absolute Gasteiger partial charge is 0.497 e. The van der Waals surface area contributed by atoms with Gasteiger partial charge in [0.05, 0.1) is 21.3 Å². The summed E-state index contributed by atoms with van der Waals surface area (Å²) >= 11 is 0. The third-order valence-corrected chi connectivity index (χ3v) is 5.30. The van der Waals surface area contributed by atoms with Gasteiger partial charge < -0.3 is 24.4 Å².